The maximum absolute atomic E-state index is 10.8. The number of amides is 1. The molecule has 66 valence electrons. The Morgan fingerprint density at radius 1 is 1.46 bits per heavy atom. The maximum Gasteiger partial charge on any atom is 0.266 e. The van der Waals surface area contributed by atoms with E-state index in [0.717, 1.165) is 5.56 Å². The van der Waals surface area contributed by atoms with Crippen molar-refractivity contribution in [3.05, 3.63) is 29.8 Å². The van der Waals surface area contributed by atoms with Gasteiger partial charge in [0.25, 0.3) is 5.91 Å². The number of hydrogen-bond donors (Lipinski definition) is 1. The van der Waals surface area contributed by atoms with Crippen LogP contribution in [0.4, 0.5) is 0 Å². The SMILES string of the molecule is NC(=O)C1=NOc2ccccc2C1. The van der Waals surface area contributed by atoms with Crippen molar-refractivity contribution in [1.29, 1.82) is 0 Å². The van der Waals surface area contributed by atoms with Gasteiger partial charge in [-0.1, -0.05) is 23.4 Å². The molecule has 0 bridgehead atoms. The molecule has 1 heterocycles. The number of hydrogen-bond acceptors (Lipinski definition) is 3. The Bertz CT molecular complexity index is 385. The van der Waals surface area contributed by atoms with E-state index in [0.29, 0.717) is 12.2 Å². The normalized spacial score (nSPS) is 14.0. The lowest BCUT2D eigenvalue weighted by atomic mass is 10.1. The van der Waals surface area contributed by atoms with Crippen LogP contribution in [-0.4, -0.2) is 11.6 Å². The van der Waals surface area contributed by atoms with Gasteiger partial charge in [-0.25, -0.2) is 0 Å². The number of fused-ring (bicyclic) bond motifs is 1. The molecule has 1 aliphatic heterocycles. The zero-order valence-electron chi connectivity index (χ0n) is 6.86. The molecular formula is C9H8N2O2. The first-order chi connectivity index (χ1) is 6.27. The van der Waals surface area contributed by atoms with Gasteiger partial charge >= 0.3 is 0 Å². The lowest BCUT2D eigenvalue weighted by Gasteiger charge is -2.12. The Kier molecular flexibility index (Phi) is 1.73. The first-order valence-corrected chi connectivity index (χ1v) is 3.89. The Labute approximate surface area is 75.0 Å². The summed E-state index contributed by atoms with van der Waals surface area (Å²) in [5.74, 6) is 0.155. The van der Waals surface area contributed by atoms with Crippen LogP contribution >= 0.6 is 0 Å². The van der Waals surface area contributed by atoms with Gasteiger partial charge in [-0.15, -0.1) is 0 Å². The molecule has 0 saturated carbocycles. The van der Waals surface area contributed by atoms with Crippen LogP contribution in [0.25, 0.3) is 0 Å². The minimum atomic E-state index is -0.533. The van der Waals surface area contributed by atoms with E-state index in [1.807, 2.05) is 18.2 Å². The van der Waals surface area contributed by atoms with Gasteiger partial charge in [0.15, 0.2) is 5.75 Å². The highest BCUT2D eigenvalue weighted by atomic mass is 16.6. The van der Waals surface area contributed by atoms with Crippen molar-refractivity contribution < 1.29 is 9.63 Å². The molecule has 0 aromatic heterocycles. The number of carbonyl (C=O) groups is 1. The molecule has 4 heteroatoms. The zero-order valence-corrected chi connectivity index (χ0v) is 6.86. The van der Waals surface area contributed by atoms with Crippen molar-refractivity contribution in [2.24, 2.45) is 10.9 Å². The first-order valence-electron chi connectivity index (χ1n) is 3.89. The van der Waals surface area contributed by atoms with Crippen molar-refractivity contribution in [2.45, 2.75) is 6.42 Å². The van der Waals surface area contributed by atoms with E-state index < -0.39 is 5.91 Å². The van der Waals surface area contributed by atoms with Gasteiger partial charge in [-0.2, -0.15) is 0 Å². The van der Waals surface area contributed by atoms with Gasteiger partial charge in [0.1, 0.15) is 5.71 Å². The van der Waals surface area contributed by atoms with Crippen LogP contribution < -0.4 is 10.6 Å². The summed E-state index contributed by atoms with van der Waals surface area (Å²) in [5, 5.41) is 3.61. The molecule has 0 radical (unpaired) electrons. The summed E-state index contributed by atoms with van der Waals surface area (Å²) in [6, 6.07) is 7.42. The van der Waals surface area contributed by atoms with Gasteiger partial charge in [0, 0.05) is 12.0 Å². The van der Waals surface area contributed by atoms with Crippen LogP contribution in [0.5, 0.6) is 5.75 Å². The molecule has 0 aliphatic carbocycles. The summed E-state index contributed by atoms with van der Waals surface area (Å²) in [6.45, 7) is 0. The summed E-state index contributed by atoms with van der Waals surface area (Å²) in [4.78, 5) is 15.8. The van der Waals surface area contributed by atoms with Crippen molar-refractivity contribution >= 4 is 11.6 Å². The zero-order chi connectivity index (χ0) is 9.26. The minimum Gasteiger partial charge on any atom is -0.364 e. The minimum absolute atomic E-state index is 0.263. The van der Waals surface area contributed by atoms with Gasteiger partial charge in [0.05, 0.1) is 0 Å². The molecule has 1 aromatic rings. The molecule has 2 rings (SSSR count). The number of nitrogens with two attached hydrogens (primary N) is 1. The first kappa shape index (κ1) is 7.79. The predicted octanol–water partition coefficient (Wildman–Crippen LogP) is 0.463. The Morgan fingerprint density at radius 3 is 3.00 bits per heavy atom. The molecule has 1 aliphatic rings. The summed E-state index contributed by atoms with van der Waals surface area (Å²) in [7, 11) is 0. The molecule has 0 saturated heterocycles. The van der Waals surface area contributed by atoms with Crippen LogP contribution in [0, 0.1) is 0 Å². The molecule has 0 spiro atoms. The van der Waals surface area contributed by atoms with Crippen molar-refractivity contribution in [1.82, 2.24) is 0 Å². The topological polar surface area (TPSA) is 64.7 Å². The smallest absolute Gasteiger partial charge is 0.266 e. The number of nitrogens with zero attached hydrogens (tertiary/aromatic N) is 1. The lowest BCUT2D eigenvalue weighted by Crippen LogP contribution is -2.27. The number of carbonyl (C=O) groups excluding carboxylic acids is 1. The summed E-state index contributed by atoms with van der Waals surface area (Å²) >= 11 is 0. The van der Waals surface area contributed by atoms with Crippen LogP contribution in [0.15, 0.2) is 29.4 Å². The van der Waals surface area contributed by atoms with E-state index in [1.165, 1.54) is 0 Å². The molecule has 0 atom stereocenters. The number of primary amides is 1. The number of benzene rings is 1. The second-order valence-electron chi connectivity index (χ2n) is 2.78. The van der Waals surface area contributed by atoms with E-state index in [2.05, 4.69) is 5.16 Å². The third kappa shape index (κ3) is 1.38. The lowest BCUT2D eigenvalue weighted by molar-refractivity contribution is -0.112. The monoisotopic (exact) mass is 176 g/mol. The summed E-state index contributed by atoms with van der Waals surface area (Å²) in [6.07, 6.45) is 0.450. The Hall–Kier alpha value is -1.84. The molecule has 2 N–H and O–H groups in total. The fourth-order valence-corrected chi connectivity index (χ4v) is 1.19. The van der Waals surface area contributed by atoms with Crippen molar-refractivity contribution in [3.63, 3.8) is 0 Å². The van der Waals surface area contributed by atoms with E-state index in [-0.39, 0.29) is 5.71 Å². The fourth-order valence-electron chi connectivity index (χ4n) is 1.19. The van der Waals surface area contributed by atoms with Gasteiger partial charge in [0.2, 0.25) is 0 Å². The standard InChI is InChI=1S/C9H8N2O2/c10-9(12)7-5-6-3-1-2-4-8(6)13-11-7/h1-4H,5H2,(H2,10,12). The molecule has 0 fully saturated rings. The average Bonchev–Trinajstić information content (AvgIpc) is 2.17. The second-order valence-corrected chi connectivity index (χ2v) is 2.78. The van der Waals surface area contributed by atoms with E-state index in [1.54, 1.807) is 6.07 Å². The molecular weight excluding hydrogens is 168 g/mol. The predicted molar refractivity (Wildman–Crippen MR) is 47.4 cm³/mol. The second kappa shape index (κ2) is 2.90. The number of oxime groups is 1. The number of para-hydroxylation sites is 1. The van der Waals surface area contributed by atoms with E-state index >= 15 is 0 Å². The van der Waals surface area contributed by atoms with Gasteiger partial charge in [-0.3, -0.25) is 4.79 Å². The van der Waals surface area contributed by atoms with E-state index in [9.17, 15) is 4.79 Å². The third-order valence-electron chi connectivity index (χ3n) is 1.87. The van der Waals surface area contributed by atoms with Crippen LogP contribution in [0.1, 0.15) is 5.56 Å². The van der Waals surface area contributed by atoms with E-state index in [4.69, 9.17) is 10.6 Å². The third-order valence-corrected chi connectivity index (χ3v) is 1.87. The van der Waals surface area contributed by atoms with Gasteiger partial charge in [-0.05, 0) is 6.07 Å². The van der Waals surface area contributed by atoms with Crippen LogP contribution in [-0.2, 0) is 11.2 Å². The Balaban J connectivity index is 2.33. The quantitative estimate of drug-likeness (QED) is 0.675. The van der Waals surface area contributed by atoms with Crippen molar-refractivity contribution in [3.8, 4) is 5.75 Å². The van der Waals surface area contributed by atoms with Crippen molar-refractivity contribution in [2.75, 3.05) is 0 Å². The highest BCUT2D eigenvalue weighted by molar-refractivity contribution is 6.38. The molecule has 0 unspecified atom stereocenters. The molecule has 4 nitrogen and oxygen atoms in total. The molecule has 1 amide bonds. The van der Waals surface area contributed by atoms with Gasteiger partial charge < -0.3 is 10.6 Å². The van der Waals surface area contributed by atoms with Crippen LogP contribution in [0.3, 0.4) is 0 Å². The highest BCUT2D eigenvalue weighted by Gasteiger charge is 2.17. The molecule has 13 heavy (non-hydrogen) atoms. The largest absolute Gasteiger partial charge is 0.364 e. The molecule has 1 aromatic carbocycles. The maximum atomic E-state index is 10.8. The Morgan fingerprint density at radius 2 is 2.23 bits per heavy atom. The van der Waals surface area contributed by atoms with Crippen LogP contribution in [0.2, 0.25) is 0 Å². The summed E-state index contributed by atoms with van der Waals surface area (Å²) < 4.78 is 0. The highest BCUT2D eigenvalue weighted by Crippen LogP contribution is 2.22. The fraction of sp³-hybridized carbons (Fsp3) is 0.111. The number of rotatable bonds is 1. The average molecular weight is 176 g/mol. The summed E-state index contributed by atoms with van der Waals surface area (Å²) in [5.41, 5.74) is 6.27.